The van der Waals surface area contributed by atoms with Crippen molar-refractivity contribution in [3.63, 3.8) is 0 Å². The maximum absolute atomic E-state index is 10.2. The summed E-state index contributed by atoms with van der Waals surface area (Å²) in [6.45, 7) is 3.83. The Morgan fingerprint density at radius 3 is 2.44 bits per heavy atom. The van der Waals surface area contributed by atoms with E-state index < -0.39 is 11.2 Å². The minimum Gasteiger partial charge on any atom is -0.378 e. The van der Waals surface area contributed by atoms with Gasteiger partial charge in [-0.05, 0) is 45.4 Å². The van der Waals surface area contributed by atoms with Crippen LogP contribution in [0.1, 0.15) is 65.2 Å². The quantitative estimate of drug-likeness (QED) is 0.723. The molecule has 0 heterocycles. The molecule has 0 aromatic carbocycles. The normalized spacial score (nSPS) is 23.0. The van der Waals surface area contributed by atoms with E-state index in [-0.39, 0.29) is 0 Å². The van der Waals surface area contributed by atoms with Crippen molar-refractivity contribution in [2.45, 2.75) is 76.4 Å². The molecule has 0 radical (unpaired) electrons. The summed E-state index contributed by atoms with van der Waals surface area (Å²) >= 11 is 0. The van der Waals surface area contributed by atoms with Crippen molar-refractivity contribution in [1.29, 1.82) is 0 Å². The van der Waals surface area contributed by atoms with E-state index in [2.05, 4.69) is 18.8 Å². The Kier molecular flexibility index (Phi) is 4.83. The van der Waals surface area contributed by atoms with Crippen LogP contribution < -0.4 is 0 Å². The Morgan fingerprint density at radius 2 is 1.88 bits per heavy atom. The summed E-state index contributed by atoms with van der Waals surface area (Å²) in [5.74, 6) is 5.76. The molecular weight excluding hydrogens is 200 g/mol. The molecule has 1 fully saturated rings. The van der Waals surface area contributed by atoms with Gasteiger partial charge in [0.25, 0.3) is 0 Å². The predicted octanol–water partition coefficient (Wildman–Crippen LogP) is 2.63. The molecule has 1 atom stereocenters. The van der Waals surface area contributed by atoms with Gasteiger partial charge in [-0.25, -0.2) is 0 Å². The van der Waals surface area contributed by atoms with Crippen molar-refractivity contribution in [2.75, 3.05) is 0 Å². The van der Waals surface area contributed by atoms with Crippen LogP contribution in [0.4, 0.5) is 0 Å². The molecule has 1 aliphatic carbocycles. The zero-order chi connectivity index (χ0) is 12.1. The molecule has 0 bridgehead atoms. The molecule has 92 valence electrons. The van der Waals surface area contributed by atoms with E-state index in [4.69, 9.17) is 0 Å². The maximum Gasteiger partial charge on any atom is 0.125 e. The molecule has 0 saturated heterocycles. The van der Waals surface area contributed by atoms with Gasteiger partial charge in [0.1, 0.15) is 11.2 Å². The Hall–Kier alpha value is -0.520. The summed E-state index contributed by atoms with van der Waals surface area (Å²) in [5.41, 5.74) is -1.78. The Morgan fingerprint density at radius 1 is 1.25 bits per heavy atom. The molecule has 1 saturated carbocycles. The van der Waals surface area contributed by atoms with Crippen LogP contribution in [-0.4, -0.2) is 21.4 Å². The molecule has 1 aliphatic rings. The van der Waals surface area contributed by atoms with Gasteiger partial charge < -0.3 is 10.2 Å². The largest absolute Gasteiger partial charge is 0.378 e. The van der Waals surface area contributed by atoms with Gasteiger partial charge in [0, 0.05) is 0 Å². The summed E-state index contributed by atoms with van der Waals surface area (Å²) in [6.07, 6.45) is 7.50. The first-order valence-corrected chi connectivity index (χ1v) is 6.46. The third-order valence-corrected chi connectivity index (χ3v) is 3.26. The molecular formula is C14H24O2. The molecule has 0 aromatic heterocycles. The fraction of sp³-hybridized carbons (Fsp3) is 0.857. The van der Waals surface area contributed by atoms with E-state index in [1.165, 1.54) is 6.42 Å². The highest BCUT2D eigenvalue weighted by atomic mass is 16.3. The number of rotatable bonds is 3. The highest BCUT2D eigenvalue weighted by Crippen LogP contribution is 2.27. The Balaban J connectivity index is 2.56. The average molecular weight is 224 g/mol. The van der Waals surface area contributed by atoms with Crippen LogP contribution in [0.3, 0.4) is 0 Å². The highest BCUT2D eigenvalue weighted by Gasteiger charge is 2.27. The van der Waals surface area contributed by atoms with Gasteiger partial charge in [-0.15, -0.1) is 0 Å². The second-order valence-electron chi connectivity index (χ2n) is 5.22. The minimum atomic E-state index is -0.941. The molecule has 0 aliphatic heterocycles. The van der Waals surface area contributed by atoms with Crippen molar-refractivity contribution in [3.05, 3.63) is 0 Å². The van der Waals surface area contributed by atoms with Crippen LogP contribution in [-0.2, 0) is 0 Å². The second-order valence-corrected chi connectivity index (χ2v) is 5.22. The van der Waals surface area contributed by atoms with E-state index in [0.29, 0.717) is 6.42 Å². The molecule has 2 N–H and O–H groups in total. The van der Waals surface area contributed by atoms with Crippen molar-refractivity contribution in [2.24, 2.45) is 0 Å². The monoisotopic (exact) mass is 224 g/mol. The van der Waals surface area contributed by atoms with Crippen molar-refractivity contribution in [3.8, 4) is 11.8 Å². The third-order valence-electron chi connectivity index (χ3n) is 3.26. The zero-order valence-electron chi connectivity index (χ0n) is 10.6. The fourth-order valence-electron chi connectivity index (χ4n) is 2.10. The first-order chi connectivity index (χ1) is 7.47. The summed E-state index contributed by atoms with van der Waals surface area (Å²) in [6, 6.07) is 0. The summed E-state index contributed by atoms with van der Waals surface area (Å²) in [4.78, 5) is 0. The van der Waals surface area contributed by atoms with Crippen LogP contribution in [0, 0.1) is 11.8 Å². The lowest BCUT2D eigenvalue weighted by Gasteiger charge is -2.27. The second kappa shape index (κ2) is 5.70. The van der Waals surface area contributed by atoms with Crippen LogP contribution in [0.15, 0.2) is 0 Å². The van der Waals surface area contributed by atoms with Gasteiger partial charge in [0.15, 0.2) is 0 Å². The summed E-state index contributed by atoms with van der Waals surface area (Å²) in [5, 5.41) is 20.2. The lowest BCUT2D eigenvalue weighted by Crippen LogP contribution is -2.31. The minimum absolute atomic E-state index is 0.687. The molecule has 2 heteroatoms. The van der Waals surface area contributed by atoms with E-state index in [9.17, 15) is 10.2 Å². The Bertz CT molecular complexity index is 264. The lowest BCUT2D eigenvalue weighted by molar-refractivity contribution is 0.0585. The average Bonchev–Trinajstić information content (AvgIpc) is 2.25. The standard InChI is InChI=1S/C14H24O2/c1-3-4-8-13(2,15)11-12-14(16)9-6-5-7-10-14/h15-16H,3-10H2,1-2H3. The molecule has 1 rings (SSSR count). The van der Waals surface area contributed by atoms with Gasteiger partial charge in [-0.2, -0.15) is 0 Å². The third kappa shape index (κ3) is 4.55. The van der Waals surface area contributed by atoms with Crippen LogP contribution in [0.25, 0.3) is 0 Å². The molecule has 16 heavy (non-hydrogen) atoms. The van der Waals surface area contributed by atoms with E-state index in [1.807, 2.05) is 0 Å². The van der Waals surface area contributed by atoms with Crippen LogP contribution in [0.2, 0.25) is 0 Å². The van der Waals surface area contributed by atoms with Crippen LogP contribution in [0.5, 0.6) is 0 Å². The molecule has 0 amide bonds. The van der Waals surface area contributed by atoms with Gasteiger partial charge in [-0.3, -0.25) is 0 Å². The lowest BCUT2D eigenvalue weighted by atomic mass is 9.84. The van der Waals surface area contributed by atoms with Gasteiger partial charge >= 0.3 is 0 Å². The molecule has 0 spiro atoms. The van der Waals surface area contributed by atoms with Crippen molar-refractivity contribution in [1.82, 2.24) is 0 Å². The van der Waals surface area contributed by atoms with Gasteiger partial charge in [-0.1, -0.05) is 31.6 Å². The van der Waals surface area contributed by atoms with E-state index in [0.717, 1.165) is 38.5 Å². The number of unbranched alkanes of at least 4 members (excludes halogenated alkanes) is 1. The number of aliphatic hydroxyl groups is 2. The summed E-state index contributed by atoms with van der Waals surface area (Å²) < 4.78 is 0. The van der Waals surface area contributed by atoms with Crippen LogP contribution >= 0.6 is 0 Å². The van der Waals surface area contributed by atoms with E-state index >= 15 is 0 Å². The molecule has 0 aromatic rings. The predicted molar refractivity (Wildman–Crippen MR) is 66.0 cm³/mol. The maximum atomic E-state index is 10.2. The topological polar surface area (TPSA) is 40.5 Å². The first kappa shape index (κ1) is 13.5. The van der Waals surface area contributed by atoms with Crippen molar-refractivity contribution < 1.29 is 10.2 Å². The van der Waals surface area contributed by atoms with Crippen molar-refractivity contribution >= 4 is 0 Å². The zero-order valence-corrected chi connectivity index (χ0v) is 10.6. The van der Waals surface area contributed by atoms with Gasteiger partial charge in [0.2, 0.25) is 0 Å². The first-order valence-electron chi connectivity index (χ1n) is 6.46. The van der Waals surface area contributed by atoms with E-state index in [1.54, 1.807) is 6.92 Å². The SMILES string of the molecule is CCCCC(C)(O)C#CC1(O)CCCCC1. The highest BCUT2D eigenvalue weighted by molar-refractivity contribution is 5.20. The Labute approximate surface area is 99.1 Å². The number of hydrogen-bond donors (Lipinski definition) is 2. The summed E-state index contributed by atoms with van der Waals surface area (Å²) in [7, 11) is 0. The molecule has 2 nitrogen and oxygen atoms in total. The molecule has 1 unspecified atom stereocenters. The smallest absolute Gasteiger partial charge is 0.125 e. The van der Waals surface area contributed by atoms with Gasteiger partial charge in [0.05, 0.1) is 0 Å². The number of hydrogen-bond acceptors (Lipinski definition) is 2. The fourth-order valence-corrected chi connectivity index (χ4v) is 2.10.